The van der Waals surface area contributed by atoms with Crippen LogP contribution in [0, 0.1) is 6.92 Å². The van der Waals surface area contributed by atoms with Crippen molar-refractivity contribution in [1.82, 2.24) is 20.4 Å². The molecule has 3 rings (SSSR count). The first-order valence-electron chi connectivity index (χ1n) is 6.69. The Hall–Kier alpha value is -1.07. The number of carbonyl (C=O) groups is 1. The number of nitrogens with one attached hydrogen (secondary N) is 2. The van der Waals surface area contributed by atoms with E-state index in [0.717, 1.165) is 18.5 Å². The predicted molar refractivity (Wildman–Crippen MR) is 75.6 cm³/mol. The van der Waals surface area contributed by atoms with Gasteiger partial charge in [0.15, 0.2) is 0 Å². The summed E-state index contributed by atoms with van der Waals surface area (Å²) in [5, 5.41) is 10.9. The zero-order chi connectivity index (χ0) is 12.7. The van der Waals surface area contributed by atoms with E-state index in [-0.39, 0.29) is 18.3 Å². The second kappa shape index (κ2) is 5.51. The third-order valence-electron chi connectivity index (χ3n) is 4.29. The van der Waals surface area contributed by atoms with Gasteiger partial charge in [-0.2, -0.15) is 5.10 Å². The minimum Gasteiger partial charge on any atom is -0.349 e. The van der Waals surface area contributed by atoms with Crippen LogP contribution in [0.1, 0.15) is 41.7 Å². The number of aromatic nitrogens is 2. The molecule has 1 amide bonds. The summed E-state index contributed by atoms with van der Waals surface area (Å²) in [4.78, 5) is 12.2. The fourth-order valence-corrected chi connectivity index (χ4v) is 3.16. The fourth-order valence-electron chi connectivity index (χ4n) is 3.16. The number of hydrogen-bond donors (Lipinski definition) is 2. The molecule has 2 unspecified atom stereocenters. The lowest BCUT2D eigenvalue weighted by Crippen LogP contribution is -2.48. The van der Waals surface area contributed by atoms with Gasteiger partial charge in [-0.1, -0.05) is 0 Å². The van der Waals surface area contributed by atoms with Crippen LogP contribution >= 0.6 is 12.4 Å². The third kappa shape index (κ3) is 2.77. The lowest BCUT2D eigenvalue weighted by molar-refractivity contribution is 0.0923. The average molecular weight is 285 g/mol. The molecule has 2 N–H and O–H groups in total. The van der Waals surface area contributed by atoms with Crippen molar-refractivity contribution in [3.63, 3.8) is 0 Å². The van der Waals surface area contributed by atoms with Crippen molar-refractivity contribution in [1.29, 1.82) is 0 Å². The Morgan fingerprint density at radius 2 is 2.05 bits per heavy atom. The summed E-state index contributed by atoms with van der Waals surface area (Å²) >= 11 is 0. The first-order chi connectivity index (χ1) is 8.63. The molecule has 2 aliphatic rings. The van der Waals surface area contributed by atoms with Crippen LogP contribution in [-0.4, -0.2) is 33.8 Å². The molecule has 5 nitrogen and oxygen atoms in total. The molecular weight excluding hydrogens is 264 g/mol. The number of hydrogen-bond acceptors (Lipinski definition) is 3. The summed E-state index contributed by atoms with van der Waals surface area (Å²) < 4.78 is 1.74. The molecule has 2 bridgehead atoms. The number of nitrogens with zero attached hydrogens (tertiary/aromatic N) is 2. The van der Waals surface area contributed by atoms with Crippen LogP contribution in [0.2, 0.25) is 0 Å². The molecule has 2 aliphatic heterocycles. The minimum absolute atomic E-state index is 0. The summed E-state index contributed by atoms with van der Waals surface area (Å²) in [6.45, 7) is 1.92. The molecule has 106 valence electrons. The van der Waals surface area contributed by atoms with Crippen molar-refractivity contribution in [2.75, 3.05) is 0 Å². The van der Waals surface area contributed by atoms with Crippen LogP contribution in [0.4, 0.5) is 0 Å². The van der Waals surface area contributed by atoms with E-state index in [1.807, 2.05) is 14.0 Å². The summed E-state index contributed by atoms with van der Waals surface area (Å²) in [6.07, 6.45) is 6.27. The second-order valence-corrected chi connectivity index (χ2v) is 5.55. The van der Waals surface area contributed by atoms with Gasteiger partial charge in [0.1, 0.15) is 0 Å². The Bertz CT molecular complexity index is 461. The molecule has 0 spiro atoms. The molecule has 1 aromatic rings. The number of fused-ring (bicyclic) bond motifs is 2. The molecule has 0 radical (unpaired) electrons. The van der Waals surface area contributed by atoms with E-state index >= 15 is 0 Å². The van der Waals surface area contributed by atoms with E-state index in [1.54, 1.807) is 10.9 Å². The zero-order valence-electron chi connectivity index (χ0n) is 11.3. The normalized spacial score (nSPS) is 28.8. The molecule has 0 saturated carbocycles. The molecule has 2 fully saturated rings. The Kier molecular flexibility index (Phi) is 4.16. The van der Waals surface area contributed by atoms with E-state index < -0.39 is 0 Å². The Labute approximate surface area is 119 Å². The van der Waals surface area contributed by atoms with Gasteiger partial charge in [0.25, 0.3) is 5.91 Å². The topological polar surface area (TPSA) is 59.0 Å². The highest BCUT2D eigenvalue weighted by molar-refractivity contribution is 5.95. The maximum Gasteiger partial charge on any atom is 0.254 e. The van der Waals surface area contributed by atoms with E-state index in [4.69, 9.17) is 0 Å². The summed E-state index contributed by atoms with van der Waals surface area (Å²) in [6, 6.07) is 1.52. The number of halogens is 1. The van der Waals surface area contributed by atoms with Crippen molar-refractivity contribution < 1.29 is 4.79 Å². The van der Waals surface area contributed by atoms with Gasteiger partial charge >= 0.3 is 0 Å². The van der Waals surface area contributed by atoms with E-state index in [1.165, 1.54) is 12.8 Å². The molecule has 2 atom stereocenters. The van der Waals surface area contributed by atoms with Gasteiger partial charge in [0, 0.05) is 30.9 Å². The highest BCUT2D eigenvalue weighted by atomic mass is 35.5. The first kappa shape index (κ1) is 14.3. The second-order valence-electron chi connectivity index (χ2n) is 5.55. The Morgan fingerprint density at radius 3 is 2.58 bits per heavy atom. The zero-order valence-corrected chi connectivity index (χ0v) is 12.2. The van der Waals surface area contributed by atoms with E-state index in [9.17, 15) is 4.79 Å². The molecule has 0 aliphatic carbocycles. The summed E-state index contributed by atoms with van der Waals surface area (Å²) in [5.41, 5.74) is 1.62. The largest absolute Gasteiger partial charge is 0.349 e. The molecule has 0 aromatic carbocycles. The number of aryl methyl sites for hydroxylation is 1. The van der Waals surface area contributed by atoms with Gasteiger partial charge < -0.3 is 10.6 Å². The fraction of sp³-hybridized carbons (Fsp3) is 0.692. The molecule has 1 aromatic heterocycles. The maximum atomic E-state index is 12.2. The third-order valence-corrected chi connectivity index (χ3v) is 4.29. The van der Waals surface area contributed by atoms with E-state index in [2.05, 4.69) is 15.7 Å². The molecule has 2 saturated heterocycles. The Balaban J connectivity index is 0.00000133. The first-order valence-corrected chi connectivity index (χ1v) is 6.69. The van der Waals surface area contributed by atoms with Crippen LogP contribution in [0.5, 0.6) is 0 Å². The van der Waals surface area contributed by atoms with Crippen molar-refractivity contribution in [3.8, 4) is 0 Å². The standard InChI is InChI=1S/C13H20N4O.ClH/c1-8-12(7-14-17(8)2)13(18)16-11-5-9-3-4-10(6-11)15-9;/h7,9-11,15H,3-6H2,1-2H3,(H,16,18);1H. The van der Waals surface area contributed by atoms with Crippen LogP contribution in [0.25, 0.3) is 0 Å². The van der Waals surface area contributed by atoms with Crippen LogP contribution in [-0.2, 0) is 7.05 Å². The number of amides is 1. The monoisotopic (exact) mass is 284 g/mol. The van der Waals surface area contributed by atoms with Gasteiger partial charge in [0.2, 0.25) is 0 Å². The van der Waals surface area contributed by atoms with Gasteiger partial charge in [-0.15, -0.1) is 12.4 Å². The Morgan fingerprint density at radius 1 is 1.42 bits per heavy atom. The molecule has 3 heterocycles. The lowest BCUT2D eigenvalue weighted by Gasteiger charge is -2.29. The summed E-state index contributed by atoms with van der Waals surface area (Å²) in [7, 11) is 1.86. The maximum absolute atomic E-state index is 12.2. The molecule has 19 heavy (non-hydrogen) atoms. The van der Waals surface area contributed by atoms with Gasteiger partial charge in [-0.05, 0) is 32.6 Å². The van der Waals surface area contributed by atoms with E-state index in [0.29, 0.717) is 23.7 Å². The van der Waals surface area contributed by atoms with Crippen molar-refractivity contribution in [2.45, 2.75) is 50.7 Å². The van der Waals surface area contributed by atoms with Crippen LogP contribution in [0.3, 0.4) is 0 Å². The highest BCUT2D eigenvalue weighted by Crippen LogP contribution is 2.26. The SMILES string of the molecule is Cc1c(C(=O)NC2CC3CCC(C2)N3)cnn1C.Cl. The minimum atomic E-state index is 0. The summed E-state index contributed by atoms with van der Waals surface area (Å²) in [5.74, 6) is 0.0203. The number of piperidine rings is 1. The van der Waals surface area contributed by atoms with Crippen LogP contribution < -0.4 is 10.6 Å². The van der Waals surface area contributed by atoms with Crippen LogP contribution in [0.15, 0.2) is 6.20 Å². The molecule has 6 heteroatoms. The average Bonchev–Trinajstić information content (AvgIpc) is 2.84. The lowest BCUT2D eigenvalue weighted by atomic mass is 9.99. The smallest absolute Gasteiger partial charge is 0.254 e. The number of carbonyl (C=O) groups excluding carboxylic acids is 1. The number of rotatable bonds is 2. The van der Waals surface area contributed by atoms with Gasteiger partial charge in [0.05, 0.1) is 11.8 Å². The predicted octanol–water partition coefficient (Wildman–Crippen LogP) is 1.16. The highest BCUT2D eigenvalue weighted by Gasteiger charge is 2.34. The van der Waals surface area contributed by atoms with Crippen molar-refractivity contribution in [3.05, 3.63) is 17.5 Å². The van der Waals surface area contributed by atoms with Gasteiger partial charge in [-0.25, -0.2) is 0 Å². The quantitative estimate of drug-likeness (QED) is 0.857. The van der Waals surface area contributed by atoms with Crippen molar-refractivity contribution >= 4 is 18.3 Å². The van der Waals surface area contributed by atoms with Crippen molar-refractivity contribution in [2.24, 2.45) is 7.05 Å². The van der Waals surface area contributed by atoms with Gasteiger partial charge in [-0.3, -0.25) is 9.48 Å². The molecular formula is C13H21ClN4O.